The van der Waals surface area contributed by atoms with E-state index in [0.29, 0.717) is 36.0 Å². The van der Waals surface area contributed by atoms with Crippen molar-refractivity contribution in [3.63, 3.8) is 0 Å². The van der Waals surface area contributed by atoms with Gasteiger partial charge in [-0.15, -0.1) is 0 Å². The number of likely N-dealkylation sites (tertiary alicyclic amines) is 1. The summed E-state index contributed by atoms with van der Waals surface area (Å²) in [5.41, 5.74) is 0.470. The number of rotatable bonds is 8. The lowest BCUT2D eigenvalue weighted by Gasteiger charge is -2.73. The van der Waals surface area contributed by atoms with E-state index in [-0.39, 0.29) is 58.2 Å². The quantitative estimate of drug-likeness (QED) is 0.197. The average molecular weight is 682 g/mol. The normalized spacial score (nSPS) is 44.3. The molecule has 1 aliphatic heterocycles. The third-order valence-electron chi connectivity index (χ3n) is 17.0. The molecule has 7 heteroatoms. The van der Waals surface area contributed by atoms with Gasteiger partial charge in [-0.1, -0.05) is 46.8 Å². The minimum atomic E-state index is -1.14. The zero-order chi connectivity index (χ0) is 35.9. The van der Waals surface area contributed by atoms with Gasteiger partial charge in [-0.25, -0.2) is 0 Å². The third-order valence-corrected chi connectivity index (χ3v) is 17.0. The molecule has 11 atom stereocenters. The Morgan fingerprint density at radius 1 is 0.878 bits per heavy atom. The number of carbonyl (C=O) groups is 3. The van der Waals surface area contributed by atoms with Crippen LogP contribution in [0.4, 0.5) is 0 Å². The van der Waals surface area contributed by atoms with Crippen LogP contribution >= 0.6 is 0 Å². The molecule has 5 saturated carbocycles. The smallest absolute Gasteiger partial charge is 0.309 e. The van der Waals surface area contributed by atoms with Crippen LogP contribution in [0.1, 0.15) is 145 Å². The number of ether oxygens (including phenoxy) is 1. The van der Waals surface area contributed by atoms with Gasteiger partial charge in [-0.2, -0.15) is 0 Å². The van der Waals surface area contributed by atoms with Gasteiger partial charge in [-0.05, 0) is 149 Å². The fourth-order valence-electron chi connectivity index (χ4n) is 14.2. The number of amides is 1. The zero-order valence-electron chi connectivity index (χ0n) is 32.0. The summed E-state index contributed by atoms with van der Waals surface area (Å²) < 4.78 is 6.17. The Bertz CT molecular complexity index is 1350. The number of esters is 1. The number of aliphatic hydroxyl groups is 1. The highest BCUT2D eigenvalue weighted by Crippen LogP contribution is 2.78. The first kappa shape index (κ1) is 36.9. The summed E-state index contributed by atoms with van der Waals surface area (Å²) in [7, 11) is 0. The topological polar surface area (TPSA) is 104 Å². The van der Waals surface area contributed by atoms with Gasteiger partial charge in [0.15, 0.2) is 0 Å². The molecule has 1 saturated heterocycles. The van der Waals surface area contributed by atoms with Crippen molar-refractivity contribution in [2.45, 2.75) is 157 Å². The van der Waals surface area contributed by atoms with Crippen molar-refractivity contribution in [2.24, 2.45) is 62.1 Å². The summed E-state index contributed by atoms with van der Waals surface area (Å²) in [6, 6.07) is -0.0146. The first-order chi connectivity index (χ1) is 22.8. The average Bonchev–Trinajstić information content (AvgIpc) is 3.64. The second-order valence-electron chi connectivity index (χ2n) is 20.0. The summed E-state index contributed by atoms with van der Waals surface area (Å²) >= 11 is 0. The SMILES string of the molecule is C=C(C)[C@@H]1CC[C@]2(CC(=O)N3CCC[C@H]3CO)CC[C@]3(C)[C@H](CC[C@@H]4[C@@]5(C)CC[C@H](OC(=O)CC(C)(C)C(=O)O)C(C)(C)[C@@H]5CC[C@]43C)[C@@H]12. The van der Waals surface area contributed by atoms with Crippen LogP contribution in [-0.4, -0.2) is 58.3 Å². The van der Waals surface area contributed by atoms with Crippen LogP contribution in [0.2, 0.25) is 0 Å². The van der Waals surface area contributed by atoms with Gasteiger partial charge in [0.05, 0.1) is 24.5 Å². The second-order valence-corrected chi connectivity index (χ2v) is 20.0. The van der Waals surface area contributed by atoms with Crippen molar-refractivity contribution in [3.8, 4) is 0 Å². The number of nitrogens with zero attached hydrogens (tertiary/aromatic N) is 1. The standard InChI is InChI=1S/C42H67NO6/c1-26(2)28-14-19-42(23-33(45)43-22-10-11-27(43)25-44)21-20-40(8)29(35(28)42)12-13-31-39(7)17-16-32(49-34(46)24-37(3,4)36(47)48)38(5,6)30(39)15-18-41(31,40)9/h27-32,35,44H,1,10-25H2,2-9H3,(H,47,48)/t27-,28-,29+,30-,31+,32-,35+,39-,40+,41+,42+/m0/s1. The molecule has 2 N–H and O–H groups in total. The van der Waals surface area contributed by atoms with Gasteiger partial charge in [0.1, 0.15) is 6.10 Å². The first-order valence-electron chi connectivity index (χ1n) is 19.8. The molecule has 6 aliphatic rings. The van der Waals surface area contributed by atoms with Crippen molar-refractivity contribution in [1.82, 2.24) is 4.90 Å². The molecule has 0 radical (unpaired) electrons. The molecule has 49 heavy (non-hydrogen) atoms. The molecule has 276 valence electrons. The summed E-state index contributed by atoms with van der Waals surface area (Å²) in [6.45, 7) is 23.2. The number of hydrogen-bond donors (Lipinski definition) is 2. The monoisotopic (exact) mass is 681 g/mol. The highest BCUT2D eigenvalue weighted by molar-refractivity contribution is 5.81. The number of hydrogen-bond acceptors (Lipinski definition) is 5. The Morgan fingerprint density at radius 3 is 2.24 bits per heavy atom. The van der Waals surface area contributed by atoms with Crippen LogP contribution in [-0.2, 0) is 19.1 Å². The highest BCUT2D eigenvalue weighted by atomic mass is 16.5. The van der Waals surface area contributed by atoms with E-state index in [0.717, 1.165) is 57.9 Å². The number of carboxylic acids is 1. The first-order valence-corrected chi connectivity index (χ1v) is 19.8. The Morgan fingerprint density at radius 2 is 1.59 bits per heavy atom. The van der Waals surface area contributed by atoms with Crippen LogP contribution in [0, 0.1) is 62.1 Å². The number of aliphatic carboxylic acids is 1. The molecular weight excluding hydrogens is 614 g/mol. The molecule has 1 heterocycles. The molecule has 6 fully saturated rings. The van der Waals surface area contributed by atoms with E-state index in [1.807, 2.05) is 4.90 Å². The molecular formula is C42H67NO6. The van der Waals surface area contributed by atoms with Crippen molar-refractivity contribution in [2.75, 3.05) is 13.2 Å². The molecule has 0 aromatic heterocycles. The van der Waals surface area contributed by atoms with Gasteiger partial charge >= 0.3 is 11.9 Å². The van der Waals surface area contributed by atoms with Gasteiger partial charge < -0.3 is 19.8 Å². The predicted molar refractivity (Wildman–Crippen MR) is 191 cm³/mol. The Hall–Kier alpha value is -1.89. The molecule has 1 amide bonds. The summed E-state index contributed by atoms with van der Waals surface area (Å²) in [5.74, 6) is 1.41. The number of allylic oxidation sites excluding steroid dienone is 1. The van der Waals surface area contributed by atoms with Crippen LogP contribution in [0.15, 0.2) is 12.2 Å². The summed E-state index contributed by atoms with van der Waals surface area (Å²) in [5, 5.41) is 19.6. The van der Waals surface area contributed by atoms with Crippen molar-refractivity contribution >= 4 is 17.8 Å². The Balaban J connectivity index is 1.25. The lowest BCUT2D eigenvalue weighted by atomic mass is 9.32. The largest absolute Gasteiger partial charge is 0.481 e. The zero-order valence-corrected chi connectivity index (χ0v) is 32.0. The maximum Gasteiger partial charge on any atom is 0.309 e. The molecule has 0 aromatic rings. The van der Waals surface area contributed by atoms with E-state index >= 15 is 0 Å². The predicted octanol–water partition coefficient (Wildman–Crippen LogP) is 8.43. The van der Waals surface area contributed by atoms with Gasteiger partial charge in [-0.3, -0.25) is 14.4 Å². The van der Waals surface area contributed by atoms with Crippen molar-refractivity contribution in [3.05, 3.63) is 12.2 Å². The molecule has 0 spiro atoms. The molecule has 0 aromatic carbocycles. The lowest BCUT2D eigenvalue weighted by molar-refractivity contribution is -0.250. The number of fused-ring (bicyclic) bond motifs is 7. The Kier molecular flexibility index (Phi) is 9.31. The molecule has 5 aliphatic carbocycles. The molecule has 0 bridgehead atoms. The van der Waals surface area contributed by atoms with E-state index in [1.165, 1.54) is 31.3 Å². The minimum absolute atomic E-state index is 0.0146. The maximum atomic E-state index is 14.0. The minimum Gasteiger partial charge on any atom is -0.481 e. The van der Waals surface area contributed by atoms with E-state index in [2.05, 4.69) is 48.1 Å². The second kappa shape index (κ2) is 12.4. The van der Waals surface area contributed by atoms with Crippen LogP contribution in [0.5, 0.6) is 0 Å². The van der Waals surface area contributed by atoms with E-state index in [9.17, 15) is 24.6 Å². The Labute approximate surface area is 296 Å². The number of aliphatic hydroxyl groups excluding tert-OH is 1. The van der Waals surface area contributed by atoms with Gasteiger partial charge in [0.2, 0.25) is 5.91 Å². The van der Waals surface area contributed by atoms with E-state index in [1.54, 1.807) is 13.8 Å². The molecule has 7 nitrogen and oxygen atoms in total. The number of carboxylic acid groups (broad SMARTS) is 1. The number of carbonyl (C=O) groups excluding carboxylic acids is 2. The van der Waals surface area contributed by atoms with E-state index in [4.69, 9.17) is 4.74 Å². The third kappa shape index (κ3) is 5.55. The van der Waals surface area contributed by atoms with Crippen LogP contribution < -0.4 is 0 Å². The maximum absolute atomic E-state index is 14.0. The molecule has 6 rings (SSSR count). The van der Waals surface area contributed by atoms with Gasteiger partial charge in [0.25, 0.3) is 0 Å². The van der Waals surface area contributed by atoms with Crippen LogP contribution in [0.25, 0.3) is 0 Å². The van der Waals surface area contributed by atoms with Crippen LogP contribution in [0.3, 0.4) is 0 Å². The van der Waals surface area contributed by atoms with Crippen molar-refractivity contribution < 1.29 is 29.3 Å². The molecule has 0 unspecified atom stereocenters. The summed E-state index contributed by atoms with van der Waals surface area (Å²) in [4.78, 5) is 40.8. The van der Waals surface area contributed by atoms with Gasteiger partial charge in [0, 0.05) is 18.4 Å². The lowest BCUT2D eigenvalue weighted by Crippen LogP contribution is -2.67. The highest BCUT2D eigenvalue weighted by Gasteiger charge is 2.71. The van der Waals surface area contributed by atoms with E-state index < -0.39 is 17.4 Å². The van der Waals surface area contributed by atoms with Crippen molar-refractivity contribution in [1.29, 1.82) is 0 Å². The fourth-order valence-corrected chi connectivity index (χ4v) is 14.2. The summed E-state index contributed by atoms with van der Waals surface area (Å²) in [6.07, 6.45) is 13.3. The fraction of sp³-hybridized carbons (Fsp3) is 0.881.